The molecule has 0 amide bonds. The van der Waals surface area contributed by atoms with E-state index in [1.807, 2.05) is 0 Å². The molecule has 6 nitrogen and oxygen atoms in total. The van der Waals surface area contributed by atoms with Crippen molar-refractivity contribution in [2.45, 2.75) is 0 Å². The molecule has 2 N–H and O–H groups in total. The first kappa shape index (κ1) is 15.0. The second-order valence-corrected chi connectivity index (χ2v) is 4.30. The number of nitrogens with zero attached hydrogens (tertiary/aromatic N) is 2. The lowest BCUT2D eigenvalue weighted by molar-refractivity contribution is 1.08. The van der Waals surface area contributed by atoms with Crippen molar-refractivity contribution in [3.05, 3.63) is 53.7 Å². The van der Waals surface area contributed by atoms with Gasteiger partial charge in [0.25, 0.3) is 0 Å². The quantitative estimate of drug-likeness (QED) is 0.724. The van der Waals surface area contributed by atoms with Gasteiger partial charge in [-0.15, -0.1) is 0 Å². The van der Waals surface area contributed by atoms with Gasteiger partial charge in [0.1, 0.15) is 20.6 Å². The van der Waals surface area contributed by atoms with Crippen LogP contribution in [0, 0.1) is 0 Å². The van der Waals surface area contributed by atoms with Gasteiger partial charge < -0.3 is 0 Å². The fraction of sp³-hybridized carbons (Fsp3) is 0. The molecule has 10 heteroatoms. The highest BCUT2D eigenvalue weighted by Gasteiger charge is 1.93. The summed E-state index contributed by atoms with van der Waals surface area (Å²) in [6, 6.07) is 2.70. The van der Waals surface area contributed by atoms with E-state index in [1.165, 1.54) is 12.1 Å². The molecule has 96 valence electrons. The van der Waals surface area contributed by atoms with Gasteiger partial charge in [-0.3, -0.25) is 9.97 Å². The predicted octanol–water partition coefficient (Wildman–Crippen LogP) is 2.15. The van der Waals surface area contributed by atoms with Crippen molar-refractivity contribution in [2.24, 2.45) is 0 Å². The fourth-order valence-corrected chi connectivity index (χ4v) is 1.65. The second kappa shape index (κ2) is 6.75. The van der Waals surface area contributed by atoms with E-state index >= 15 is 0 Å². The highest BCUT2D eigenvalue weighted by atomic mass is 35.5. The van der Waals surface area contributed by atoms with Gasteiger partial charge in [0.05, 0.1) is 0 Å². The monoisotopic (exact) mass is 328 g/mol. The van der Waals surface area contributed by atoms with E-state index in [1.54, 1.807) is 0 Å². The minimum Gasteiger partial charge on any atom is -0.296 e. The van der Waals surface area contributed by atoms with Gasteiger partial charge in [-0.25, -0.2) is 9.59 Å². The van der Waals surface area contributed by atoms with Crippen molar-refractivity contribution in [2.75, 3.05) is 0 Å². The van der Waals surface area contributed by atoms with Gasteiger partial charge in [-0.1, -0.05) is 46.4 Å². The van der Waals surface area contributed by atoms with Gasteiger partial charge in [0, 0.05) is 12.1 Å². The first-order chi connectivity index (χ1) is 8.36. The summed E-state index contributed by atoms with van der Waals surface area (Å²) >= 11 is 21.4. The van der Waals surface area contributed by atoms with Crippen LogP contribution in [0.2, 0.25) is 20.6 Å². The van der Waals surface area contributed by atoms with E-state index in [4.69, 9.17) is 46.4 Å². The van der Waals surface area contributed by atoms with E-state index in [9.17, 15) is 9.59 Å². The lowest BCUT2D eigenvalue weighted by Crippen LogP contribution is -2.08. The van der Waals surface area contributed by atoms with Gasteiger partial charge >= 0.3 is 11.4 Å². The zero-order valence-electron chi connectivity index (χ0n) is 8.38. The predicted molar refractivity (Wildman–Crippen MR) is 69.8 cm³/mol. The van der Waals surface area contributed by atoms with Crippen LogP contribution in [0.15, 0.2) is 21.7 Å². The summed E-state index contributed by atoms with van der Waals surface area (Å²) in [5.41, 5.74) is -1.07. The van der Waals surface area contributed by atoms with Gasteiger partial charge in [-0.2, -0.15) is 9.97 Å². The first-order valence-corrected chi connectivity index (χ1v) is 5.73. The van der Waals surface area contributed by atoms with Gasteiger partial charge in [-0.05, 0) is 0 Å². The number of halogens is 4. The van der Waals surface area contributed by atoms with E-state index in [2.05, 4.69) is 19.9 Å². The molecule has 0 radical (unpaired) electrons. The molecule has 2 aromatic rings. The summed E-state index contributed by atoms with van der Waals surface area (Å²) in [4.78, 5) is 31.8. The lowest BCUT2D eigenvalue weighted by atomic mass is 10.7. The minimum absolute atomic E-state index is 0.101. The summed E-state index contributed by atoms with van der Waals surface area (Å²) in [7, 11) is 0. The van der Waals surface area contributed by atoms with Crippen LogP contribution >= 0.6 is 46.4 Å². The van der Waals surface area contributed by atoms with Crippen molar-refractivity contribution in [3.8, 4) is 0 Å². The van der Waals surface area contributed by atoms with Crippen LogP contribution in [-0.4, -0.2) is 19.9 Å². The zero-order valence-corrected chi connectivity index (χ0v) is 11.4. The maximum atomic E-state index is 10.4. The fourth-order valence-electron chi connectivity index (χ4n) is 0.800. The molecule has 0 saturated heterocycles. The minimum atomic E-state index is -0.535. The van der Waals surface area contributed by atoms with E-state index in [0.717, 1.165) is 0 Å². The molecule has 18 heavy (non-hydrogen) atoms. The second-order valence-electron chi connectivity index (χ2n) is 2.71. The summed E-state index contributed by atoms with van der Waals surface area (Å²) in [6.07, 6.45) is 0. The molecule has 2 heterocycles. The molecular weight excluding hydrogens is 326 g/mol. The average molecular weight is 330 g/mol. The topological polar surface area (TPSA) is 91.5 Å². The highest BCUT2D eigenvalue weighted by Crippen LogP contribution is 2.06. The Bertz CT molecular complexity index is 550. The Labute approximate surface area is 120 Å². The number of aromatic amines is 2. The Morgan fingerprint density at radius 1 is 0.778 bits per heavy atom. The summed E-state index contributed by atoms with van der Waals surface area (Å²) in [5.74, 6) is 0. The zero-order chi connectivity index (χ0) is 13.7. The first-order valence-electron chi connectivity index (χ1n) is 4.21. The standard InChI is InChI=1S/2C4H2Cl2N2O/c2*5-2-1-3(6)8-4(9)7-2/h2*1H,(H,7,8,9). The van der Waals surface area contributed by atoms with Crippen molar-refractivity contribution >= 4 is 46.4 Å². The number of nitrogens with one attached hydrogen (secondary N) is 2. The van der Waals surface area contributed by atoms with Crippen LogP contribution in [0.4, 0.5) is 0 Å². The van der Waals surface area contributed by atoms with Crippen LogP contribution in [0.5, 0.6) is 0 Å². The number of H-pyrrole nitrogens is 2. The van der Waals surface area contributed by atoms with Gasteiger partial charge in [0.15, 0.2) is 0 Å². The number of aromatic nitrogens is 4. The molecule has 0 bridgehead atoms. The third-order valence-electron chi connectivity index (χ3n) is 1.36. The average Bonchev–Trinajstić information content (AvgIpc) is 2.12. The van der Waals surface area contributed by atoms with Crippen LogP contribution in [0.3, 0.4) is 0 Å². The smallest absolute Gasteiger partial charge is 0.296 e. The molecule has 0 spiro atoms. The summed E-state index contributed by atoms with van der Waals surface area (Å²) in [5, 5.41) is 0.590. The summed E-state index contributed by atoms with van der Waals surface area (Å²) < 4.78 is 0. The van der Waals surface area contributed by atoms with Crippen molar-refractivity contribution in [1.29, 1.82) is 0 Å². The molecule has 0 unspecified atom stereocenters. The summed E-state index contributed by atoms with van der Waals surface area (Å²) in [6.45, 7) is 0. The van der Waals surface area contributed by atoms with Crippen LogP contribution in [0.1, 0.15) is 0 Å². The third kappa shape index (κ3) is 5.50. The molecule has 0 aliphatic rings. The molecular formula is C8H4Cl4N4O2. The molecule has 2 rings (SSSR count). The third-order valence-corrected chi connectivity index (χ3v) is 2.16. The molecule has 0 aliphatic heterocycles. The normalized spacial score (nSPS) is 9.56. The molecule has 0 fully saturated rings. The van der Waals surface area contributed by atoms with Crippen molar-refractivity contribution in [3.63, 3.8) is 0 Å². The number of rotatable bonds is 0. The molecule has 0 atom stereocenters. The number of hydrogen-bond donors (Lipinski definition) is 2. The maximum absolute atomic E-state index is 10.4. The SMILES string of the molecule is O=c1nc(Cl)cc(Cl)[nH]1.O=c1nc(Cl)cc(Cl)[nH]1. The van der Waals surface area contributed by atoms with Crippen molar-refractivity contribution < 1.29 is 0 Å². The molecule has 0 aromatic carbocycles. The lowest BCUT2D eigenvalue weighted by Gasteiger charge is -1.86. The van der Waals surface area contributed by atoms with Crippen LogP contribution in [-0.2, 0) is 0 Å². The van der Waals surface area contributed by atoms with Crippen LogP contribution in [0.25, 0.3) is 0 Å². The van der Waals surface area contributed by atoms with E-state index in [0.29, 0.717) is 0 Å². The Kier molecular flexibility index (Phi) is 5.61. The highest BCUT2D eigenvalue weighted by molar-refractivity contribution is 6.33. The Balaban J connectivity index is 0.000000180. The Hall–Kier alpha value is -1.08. The van der Waals surface area contributed by atoms with Gasteiger partial charge in [0.2, 0.25) is 0 Å². The van der Waals surface area contributed by atoms with E-state index < -0.39 is 11.4 Å². The van der Waals surface area contributed by atoms with Crippen LogP contribution < -0.4 is 11.4 Å². The molecule has 2 aromatic heterocycles. The largest absolute Gasteiger partial charge is 0.347 e. The molecule has 0 aliphatic carbocycles. The van der Waals surface area contributed by atoms with E-state index in [-0.39, 0.29) is 20.6 Å². The Morgan fingerprint density at radius 2 is 1.11 bits per heavy atom. The maximum Gasteiger partial charge on any atom is 0.347 e. The van der Waals surface area contributed by atoms with Crippen molar-refractivity contribution in [1.82, 2.24) is 19.9 Å². The Morgan fingerprint density at radius 3 is 1.33 bits per heavy atom. The number of hydrogen-bond acceptors (Lipinski definition) is 4. The molecule has 0 saturated carbocycles.